The molecule has 4 heteroatoms. The summed E-state index contributed by atoms with van der Waals surface area (Å²) < 4.78 is 0. The first-order valence-electron chi connectivity index (χ1n) is 6.86. The van der Waals surface area contributed by atoms with E-state index in [-0.39, 0.29) is 11.9 Å². The van der Waals surface area contributed by atoms with E-state index in [0.29, 0.717) is 5.02 Å². The predicted octanol–water partition coefficient (Wildman–Crippen LogP) is 3.62. The van der Waals surface area contributed by atoms with Crippen molar-refractivity contribution in [3.63, 3.8) is 0 Å². The van der Waals surface area contributed by atoms with Crippen molar-refractivity contribution in [2.45, 2.75) is 25.3 Å². The molecule has 1 heterocycles. The molecule has 0 saturated carbocycles. The van der Waals surface area contributed by atoms with Gasteiger partial charge in [-0.15, -0.1) is 0 Å². The van der Waals surface area contributed by atoms with Crippen molar-refractivity contribution in [2.24, 2.45) is 5.73 Å². The van der Waals surface area contributed by atoms with Crippen molar-refractivity contribution in [3.05, 3.63) is 64.2 Å². The van der Waals surface area contributed by atoms with Gasteiger partial charge in [-0.05, 0) is 48.7 Å². The molecule has 108 valence electrons. The largest absolute Gasteiger partial charge is 0.325 e. The fraction of sp³-hybridized carbons (Fsp3) is 0.235. The first-order valence-corrected chi connectivity index (χ1v) is 7.24. The second-order valence-electron chi connectivity index (χ2n) is 5.91. The normalized spacial score (nSPS) is 17.2. The molecular formula is C17H17ClN2O. The van der Waals surface area contributed by atoms with Crippen LogP contribution in [0.2, 0.25) is 5.02 Å². The molecule has 1 amide bonds. The van der Waals surface area contributed by atoms with Crippen LogP contribution in [0.25, 0.3) is 0 Å². The highest BCUT2D eigenvalue weighted by molar-refractivity contribution is 6.30. The van der Waals surface area contributed by atoms with Crippen LogP contribution in [0.4, 0.5) is 5.69 Å². The minimum Gasteiger partial charge on any atom is -0.325 e. The van der Waals surface area contributed by atoms with E-state index in [1.165, 1.54) is 0 Å². The van der Waals surface area contributed by atoms with Crippen molar-refractivity contribution >= 4 is 23.2 Å². The van der Waals surface area contributed by atoms with Crippen LogP contribution >= 0.6 is 11.6 Å². The van der Waals surface area contributed by atoms with Crippen LogP contribution in [0, 0.1) is 0 Å². The van der Waals surface area contributed by atoms with E-state index < -0.39 is 5.41 Å². The van der Waals surface area contributed by atoms with Crippen LogP contribution in [-0.2, 0) is 10.2 Å². The third-order valence-electron chi connectivity index (χ3n) is 4.12. The van der Waals surface area contributed by atoms with Crippen LogP contribution in [0.5, 0.6) is 0 Å². The summed E-state index contributed by atoms with van der Waals surface area (Å²) in [5.74, 6) is 0.0229. The number of carbonyl (C=O) groups excluding carboxylic acids is 1. The molecule has 2 aromatic carbocycles. The van der Waals surface area contributed by atoms with Crippen LogP contribution in [0.15, 0.2) is 42.5 Å². The van der Waals surface area contributed by atoms with E-state index in [9.17, 15) is 4.79 Å². The molecule has 0 radical (unpaired) electrons. The van der Waals surface area contributed by atoms with Crippen molar-refractivity contribution in [3.8, 4) is 0 Å². The van der Waals surface area contributed by atoms with E-state index in [2.05, 4.69) is 5.32 Å². The van der Waals surface area contributed by atoms with Gasteiger partial charge in [0.15, 0.2) is 0 Å². The van der Waals surface area contributed by atoms with Gasteiger partial charge in [-0.2, -0.15) is 0 Å². The molecule has 0 bridgehead atoms. The van der Waals surface area contributed by atoms with Gasteiger partial charge in [0.1, 0.15) is 0 Å². The van der Waals surface area contributed by atoms with Crippen molar-refractivity contribution < 1.29 is 4.79 Å². The number of halogens is 1. The molecule has 2 aromatic rings. The number of fused-ring (bicyclic) bond motifs is 1. The lowest BCUT2D eigenvalue weighted by molar-refractivity contribution is -0.119. The summed E-state index contributed by atoms with van der Waals surface area (Å²) in [7, 11) is 0. The SMILES string of the molecule is CC1(C)C(=O)Nc2ccc(C(N)c3ccc(Cl)cc3)cc21. The predicted molar refractivity (Wildman–Crippen MR) is 85.6 cm³/mol. The fourth-order valence-electron chi connectivity index (χ4n) is 2.64. The molecule has 1 aliphatic rings. The highest BCUT2D eigenvalue weighted by Gasteiger charge is 2.38. The monoisotopic (exact) mass is 300 g/mol. The topological polar surface area (TPSA) is 55.1 Å². The molecule has 0 fully saturated rings. The molecule has 3 rings (SSSR count). The number of hydrogen-bond donors (Lipinski definition) is 2. The summed E-state index contributed by atoms with van der Waals surface area (Å²) in [6, 6.07) is 13.2. The molecule has 0 saturated heterocycles. The molecule has 3 N–H and O–H groups in total. The van der Waals surface area contributed by atoms with Gasteiger partial charge < -0.3 is 11.1 Å². The van der Waals surface area contributed by atoms with Crippen LogP contribution in [-0.4, -0.2) is 5.91 Å². The summed E-state index contributed by atoms with van der Waals surface area (Å²) in [6.07, 6.45) is 0. The zero-order chi connectivity index (χ0) is 15.2. The molecule has 0 aromatic heterocycles. The molecule has 3 nitrogen and oxygen atoms in total. The van der Waals surface area contributed by atoms with E-state index in [4.69, 9.17) is 17.3 Å². The number of carbonyl (C=O) groups is 1. The summed E-state index contributed by atoms with van der Waals surface area (Å²) in [6.45, 7) is 3.84. The summed E-state index contributed by atoms with van der Waals surface area (Å²) >= 11 is 5.91. The minimum atomic E-state index is -0.523. The van der Waals surface area contributed by atoms with E-state index >= 15 is 0 Å². The van der Waals surface area contributed by atoms with Gasteiger partial charge in [0.2, 0.25) is 5.91 Å². The lowest BCUT2D eigenvalue weighted by atomic mass is 9.84. The van der Waals surface area contributed by atoms with Gasteiger partial charge >= 0.3 is 0 Å². The van der Waals surface area contributed by atoms with E-state index in [0.717, 1.165) is 22.4 Å². The Balaban J connectivity index is 2.00. The summed E-state index contributed by atoms with van der Waals surface area (Å²) in [5, 5.41) is 3.59. The van der Waals surface area contributed by atoms with Crippen LogP contribution < -0.4 is 11.1 Å². The smallest absolute Gasteiger partial charge is 0.234 e. The Morgan fingerprint density at radius 1 is 1.10 bits per heavy atom. The maximum absolute atomic E-state index is 12.0. The lowest BCUT2D eigenvalue weighted by Crippen LogP contribution is -2.27. The number of anilines is 1. The maximum Gasteiger partial charge on any atom is 0.234 e. The lowest BCUT2D eigenvalue weighted by Gasteiger charge is -2.18. The Morgan fingerprint density at radius 2 is 1.71 bits per heavy atom. The van der Waals surface area contributed by atoms with E-state index in [1.54, 1.807) is 0 Å². The maximum atomic E-state index is 12.0. The Morgan fingerprint density at radius 3 is 2.38 bits per heavy atom. The number of hydrogen-bond acceptors (Lipinski definition) is 2. The Labute approximate surface area is 129 Å². The minimum absolute atomic E-state index is 0.0229. The van der Waals surface area contributed by atoms with Gasteiger partial charge in [-0.1, -0.05) is 35.9 Å². The highest BCUT2D eigenvalue weighted by atomic mass is 35.5. The van der Waals surface area contributed by atoms with Crippen LogP contribution in [0.1, 0.15) is 36.6 Å². The Kier molecular flexibility index (Phi) is 3.27. The first kappa shape index (κ1) is 14.1. The molecule has 0 spiro atoms. The van der Waals surface area contributed by atoms with Crippen LogP contribution in [0.3, 0.4) is 0 Å². The van der Waals surface area contributed by atoms with Gasteiger partial charge in [0.05, 0.1) is 11.5 Å². The number of rotatable bonds is 2. The zero-order valence-corrected chi connectivity index (χ0v) is 12.7. The van der Waals surface area contributed by atoms with Gasteiger partial charge in [0, 0.05) is 10.7 Å². The average molecular weight is 301 g/mol. The molecule has 1 unspecified atom stereocenters. The number of nitrogens with two attached hydrogens (primary N) is 1. The van der Waals surface area contributed by atoms with Crippen molar-refractivity contribution in [1.82, 2.24) is 0 Å². The summed E-state index contributed by atoms with van der Waals surface area (Å²) in [5.41, 5.74) is 9.66. The number of amides is 1. The Hall–Kier alpha value is -1.84. The fourth-order valence-corrected chi connectivity index (χ4v) is 2.77. The second kappa shape index (κ2) is 4.86. The summed E-state index contributed by atoms with van der Waals surface area (Å²) in [4.78, 5) is 12.0. The van der Waals surface area contributed by atoms with Gasteiger partial charge in [-0.3, -0.25) is 4.79 Å². The molecule has 1 aliphatic heterocycles. The third kappa shape index (κ3) is 2.33. The highest BCUT2D eigenvalue weighted by Crippen LogP contribution is 2.39. The van der Waals surface area contributed by atoms with Gasteiger partial charge in [-0.25, -0.2) is 0 Å². The standard InChI is InChI=1S/C17H17ClN2O/c1-17(2)13-9-11(5-8-14(13)20-16(17)21)15(19)10-3-6-12(18)7-4-10/h3-9,15H,19H2,1-2H3,(H,20,21). The van der Waals surface area contributed by atoms with E-state index in [1.807, 2.05) is 56.3 Å². The molecule has 21 heavy (non-hydrogen) atoms. The van der Waals surface area contributed by atoms with Crippen molar-refractivity contribution in [2.75, 3.05) is 5.32 Å². The zero-order valence-electron chi connectivity index (χ0n) is 12.0. The van der Waals surface area contributed by atoms with Gasteiger partial charge in [0.25, 0.3) is 0 Å². The second-order valence-corrected chi connectivity index (χ2v) is 6.35. The Bertz CT molecular complexity index is 707. The van der Waals surface area contributed by atoms with Crippen molar-refractivity contribution in [1.29, 1.82) is 0 Å². The first-order chi connectivity index (χ1) is 9.89. The molecule has 0 aliphatic carbocycles. The number of benzene rings is 2. The quantitative estimate of drug-likeness (QED) is 0.890. The molecular weight excluding hydrogens is 284 g/mol. The molecule has 1 atom stereocenters. The number of nitrogens with one attached hydrogen (secondary N) is 1. The average Bonchev–Trinajstić information content (AvgIpc) is 2.69. The third-order valence-corrected chi connectivity index (χ3v) is 4.37.